The van der Waals surface area contributed by atoms with Crippen molar-refractivity contribution in [3.05, 3.63) is 35.4 Å². The van der Waals surface area contributed by atoms with Gasteiger partial charge in [-0.3, -0.25) is 19.2 Å². The lowest BCUT2D eigenvalue weighted by Gasteiger charge is -2.26. The number of amides is 2. The van der Waals surface area contributed by atoms with Crippen LogP contribution >= 0.6 is 0 Å². The maximum atomic E-state index is 12.8. The predicted octanol–water partition coefficient (Wildman–Crippen LogP) is -0.230. The molecular formula is C23H30N2O7. The first-order chi connectivity index (χ1) is 15.2. The van der Waals surface area contributed by atoms with Crippen molar-refractivity contribution in [2.24, 2.45) is 11.8 Å². The molecule has 1 unspecified atom stereocenters. The van der Waals surface area contributed by atoms with Crippen LogP contribution in [0.25, 0.3) is 0 Å². The summed E-state index contributed by atoms with van der Waals surface area (Å²) >= 11 is 0. The van der Waals surface area contributed by atoms with E-state index in [-0.39, 0.29) is 18.3 Å². The number of ether oxygens (including phenoxy) is 1. The van der Waals surface area contributed by atoms with E-state index in [4.69, 9.17) is 4.74 Å². The molecule has 1 saturated heterocycles. The van der Waals surface area contributed by atoms with Gasteiger partial charge in [-0.2, -0.15) is 0 Å². The Kier molecular flexibility index (Phi) is 7.43. The standard InChI is InChI=1S/C23H30N2O7/c1-13(2)9-17(20(29)23(11-27)12-32-23)24-22(31)18(10-26)25-21(30)16-8-7-14-5-3-4-6-15(14)19(16)28/h3-6,13,16-18,26-27H,7-12H2,1-2H3,(H,24,31)(H,25,30)/t16?,17-,18-,23+/m0/s1. The summed E-state index contributed by atoms with van der Waals surface area (Å²) < 4.78 is 5.11. The molecule has 9 nitrogen and oxygen atoms in total. The number of carbonyl (C=O) groups is 4. The Morgan fingerprint density at radius 2 is 1.84 bits per heavy atom. The molecule has 3 rings (SSSR count). The lowest BCUT2D eigenvalue weighted by atomic mass is 9.82. The van der Waals surface area contributed by atoms with Gasteiger partial charge in [-0.1, -0.05) is 38.1 Å². The molecule has 2 aliphatic rings. The Bertz CT molecular complexity index is 894. The Morgan fingerprint density at radius 1 is 1.16 bits per heavy atom. The molecule has 0 saturated carbocycles. The number of Topliss-reactive ketones (excluding diaryl/α,β-unsaturated/α-hetero) is 2. The summed E-state index contributed by atoms with van der Waals surface area (Å²) in [5.74, 6) is -3.02. The van der Waals surface area contributed by atoms with Gasteiger partial charge in [0.1, 0.15) is 12.0 Å². The zero-order valence-electron chi connectivity index (χ0n) is 18.3. The molecule has 1 aliphatic carbocycles. The number of epoxide rings is 1. The molecule has 1 heterocycles. The van der Waals surface area contributed by atoms with Crippen molar-refractivity contribution in [1.29, 1.82) is 0 Å². The Balaban J connectivity index is 1.66. The van der Waals surface area contributed by atoms with E-state index in [1.165, 1.54) is 0 Å². The summed E-state index contributed by atoms with van der Waals surface area (Å²) in [7, 11) is 0. The van der Waals surface area contributed by atoms with Gasteiger partial charge in [0.2, 0.25) is 11.8 Å². The molecule has 2 amide bonds. The number of nitrogens with one attached hydrogen (secondary N) is 2. The number of hydrogen-bond donors (Lipinski definition) is 4. The average molecular weight is 447 g/mol. The van der Waals surface area contributed by atoms with Crippen molar-refractivity contribution in [1.82, 2.24) is 10.6 Å². The van der Waals surface area contributed by atoms with E-state index in [1.54, 1.807) is 12.1 Å². The molecule has 0 aromatic heterocycles. The summed E-state index contributed by atoms with van der Waals surface area (Å²) in [5, 5.41) is 24.2. The number of aliphatic hydroxyl groups excluding tert-OH is 2. The smallest absolute Gasteiger partial charge is 0.245 e. The zero-order chi connectivity index (χ0) is 23.5. The Labute approximate surface area is 186 Å². The number of rotatable bonds is 10. The number of aryl methyl sites for hydroxylation is 1. The van der Waals surface area contributed by atoms with Gasteiger partial charge in [-0.15, -0.1) is 0 Å². The van der Waals surface area contributed by atoms with Crippen molar-refractivity contribution >= 4 is 23.4 Å². The minimum atomic E-state index is -1.32. The number of hydrogen-bond acceptors (Lipinski definition) is 7. The first-order valence-electron chi connectivity index (χ1n) is 10.8. The monoisotopic (exact) mass is 446 g/mol. The van der Waals surface area contributed by atoms with Crippen LogP contribution in [-0.4, -0.2) is 71.1 Å². The van der Waals surface area contributed by atoms with Gasteiger partial charge in [-0.25, -0.2) is 0 Å². The molecule has 32 heavy (non-hydrogen) atoms. The van der Waals surface area contributed by atoms with Crippen LogP contribution in [0.4, 0.5) is 0 Å². The molecule has 0 bridgehead atoms. The summed E-state index contributed by atoms with van der Waals surface area (Å²) in [6.07, 6.45) is 1.18. The van der Waals surface area contributed by atoms with Crippen LogP contribution in [0.2, 0.25) is 0 Å². The van der Waals surface area contributed by atoms with E-state index >= 15 is 0 Å². The lowest BCUT2D eigenvalue weighted by Crippen LogP contribution is -2.56. The molecule has 1 fully saturated rings. The highest BCUT2D eigenvalue weighted by molar-refractivity contribution is 6.12. The molecule has 4 atom stereocenters. The fourth-order valence-electron chi connectivity index (χ4n) is 4.01. The van der Waals surface area contributed by atoms with E-state index in [1.807, 2.05) is 26.0 Å². The quantitative estimate of drug-likeness (QED) is 0.287. The SMILES string of the molecule is CC(C)C[C@H](NC(=O)[C@H](CO)NC(=O)C1CCc2ccccc2C1=O)C(=O)[C@@]1(CO)CO1. The van der Waals surface area contributed by atoms with E-state index in [0.717, 1.165) is 5.56 Å². The fourth-order valence-corrected chi connectivity index (χ4v) is 4.01. The van der Waals surface area contributed by atoms with Crippen LogP contribution < -0.4 is 10.6 Å². The number of aliphatic hydroxyl groups is 2. The van der Waals surface area contributed by atoms with Crippen molar-refractivity contribution < 1.29 is 34.1 Å². The maximum absolute atomic E-state index is 12.8. The van der Waals surface area contributed by atoms with Crippen LogP contribution in [-0.2, 0) is 25.5 Å². The predicted molar refractivity (Wildman–Crippen MR) is 114 cm³/mol. The van der Waals surface area contributed by atoms with Gasteiger partial charge in [0.05, 0.1) is 25.9 Å². The van der Waals surface area contributed by atoms with Gasteiger partial charge in [0.25, 0.3) is 0 Å². The normalized spacial score (nSPS) is 23.8. The molecule has 0 radical (unpaired) electrons. The topological polar surface area (TPSA) is 145 Å². The molecule has 1 aromatic carbocycles. The number of benzene rings is 1. The summed E-state index contributed by atoms with van der Waals surface area (Å²) in [6.45, 7) is 2.66. The molecule has 4 N–H and O–H groups in total. The Morgan fingerprint density at radius 3 is 2.44 bits per heavy atom. The van der Waals surface area contributed by atoms with Crippen LogP contribution in [0.1, 0.15) is 42.6 Å². The second-order valence-corrected chi connectivity index (χ2v) is 8.85. The van der Waals surface area contributed by atoms with Gasteiger partial charge in [0.15, 0.2) is 17.2 Å². The summed E-state index contributed by atoms with van der Waals surface area (Å²) in [5.41, 5.74) is 0.0746. The maximum Gasteiger partial charge on any atom is 0.245 e. The third kappa shape index (κ3) is 5.06. The second kappa shape index (κ2) is 9.89. The van der Waals surface area contributed by atoms with Crippen molar-refractivity contribution in [3.63, 3.8) is 0 Å². The van der Waals surface area contributed by atoms with Gasteiger partial charge < -0.3 is 25.6 Å². The molecule has 0 spiro atoms. The fraction of sp³-hybridized carbons (Fsp3) is 0.565. The van der Waals surface area contributed by atoms with Gasteiger partial charge >= 0.3 is 0 Å². The van der Waals surface area contributed by atoms with Gasteiger partial charge in [0, 0.05) is 5.56 Å². The Hall–Kier alpha value is -2.62. The molecule has 174 valence electrons. The van der Waals surface area contributed by atoms with E-state index in [0.29, 0.717) is 24.8 Å². The molecular weight excluding hydrogens is 416 g/mol. The van der Waals surface area contributed by atoms with Crippen LogP contribution in [0.3, 0.4) is 0 Å². The average Bonchev–Trinajstić information content (AvgIpc) is 3.57. The first-order valence-corrected chi connectivity index (χ1v) is 10.8. The van der Waals surface area contributed by atoms with E-state index in [9.17, 15) is 29.4 Å². The minimum Gasteiger partial charge on any atom is -0.394 e. The molecule has 1 aromatic rings. The molecule has 1 aliphatic heterocycles. The summed E-state index contributed by atoms with van der Waals surface area (Å²) in [4.78, 5) is 51.0. The van der Waals surface area contributed by atoms with Crippen molar-refractivity contribution in [3.8, 4) is 0 Å². The summed E-state index contributed by atoms with van der Waals surface area (Å²) in [6, 6.07) is 4.83. The largest absolute Gasteiger partial charge is 0.394 e. The van der Waals surface area contributed by atoms with E-state index < -0.39 is 54.4 Å². The van der Waals surface area contributed by atoms with Crippen molar-refractivity contribution in [2.75, 3.05) is 19.8 Å². The van der Waals surface area contributed by atoms with Crippen molar-refractivity contribution in [2.45, 2.75) is 50.8 Å². The van der Waals surface area contributed by atoms with Crippen LogP contribution in [0, 0.1) is 11.8 Å². The lowest BCUT2D eigenvalue weighted by molar-refractivity contribution is -0.135. The molecule has 9 heteroatoms. The van der Waals surface area contributed by atoms with Crippen LogP contribution in [0.5, 0.6) is 0 Å². The number of carbonyl (C=O) groups excluding carboxylic acids is 4. The zero-order valence-corrected chi connectivity index (χ0v) is 18.3. The highest BCUT2D eigenvalue weighted by Crippen LogP contribution is 2.30. The highest BCUT2D eigenvalue weighted by Gasteiger charge is 2.54. The number of fused-ring (bicyclic) bond motifs is 1. The van der Waals surface area contributed by atoms with Crippen LogP contribution in [0.15, 0.2) is 24.3 Å². The highest BCUT2D eigenvalue weighted by atomic mass is 16.6. The third-order valence-electron chi connectivity index (χ3n) is 5.97. The minimum absolute atomic E-state index is 0.0563. The number of ketones is 2. The van der Waals surface area contributed by atoms with E-state index in [2.05, 4.69) is 10.6 Å². The second-order valence-electron chi connectivity index (χ2n) is 8.85. The first kappa shape index (κ1) is 24.0. The third-order valence-corrected chi connectivity index (χ3v) is 5.97. The van der Waals surface area contributed by atoms with Gasteiger partial charge in [-0.05, 0) is 30.7 Å².